The van der Waals surface area contributed by atoms with Crippen molar-refractivity contribution in [2.24, 2.45) is 0 Å². The van der Waals surface area contributed by atoms with E-state index in [1.54, 1.807) is 5.56 Å². The lowest BCUT2D eigenvalue weighted by atomic mass is 9.85. The van der Waals surface area contributed by atoms with E-state index in [0.29, 0.717) is 12.0 Å². The molecule has 2 unspecified atom stereocenters. The molecule has 0 amide bonds. The zero-order chi connectivity index (χ0) is 12.6. The van der Waals surface area contributed by atoms with Crippen molar-refractivity contribution in [2.45, 2.75) is 58.4 Å². The van der Waals surface area contributed by atoms with Gasteiger partial charge >= 0.3 is 0 Å². The molecular formula is C16H25N. The van der Waals surface area contributed by atoms with Gasteiger partial charge in [-0.05, 0) is 41.0 Å². The highest BCUT2D eigenvalue weighted by atomic mass is 14.9. The van der Waals surface area contributed by atoms with E-state index in [2.05, 4.69) is 58.1 Å². The molecule has 0 saturated heterocycles. The van der Waals surface area contributed by atoms with Crippen LogP contribution >= 0.6 is 0 Å². The highest BCUT2D eigenvalue weighted by Gasteiger charge is 2.28. The van der Waals surface area contributed by atoms with Crippen LogP contribution in [-0.2, 0) is 5.41 Å². The Kier molecular flexibility index (Phi) is 3.31. The SMILES string of the molecule is CCNC1CC(C)c2ccc(C(C)(C)C)cc21. The Morgan fingerprint density at radius 3 is 2.53 bits per heavy atom. The van der Waals surface area contributed by atoms with Crippen LogP contribution in [0.15, 0.2) is 18.2 Å². The Labute approximate surface area is 106 Å². The van der Waals surface area contributed by atoms with E-state index >= 15 is 0 Å². The predicted molar refractivity (Wildman–Crippen MR) is 74.6 cm³/mol. The Hall–Kier alpha value is -0.820. The standard InChI is InChI=1S/C16H25N/c1-6-17-15-9-11(2)13-8-7-12(10-14(13)15)16(3,4)5/h7-8,10-11,15,17H,6,9H2,1-5H3. The summed E-state index contributed by atoms with van der Waals surface area (Å²) >= 11 is 0. The van der Waals surface area contributed by atoms with Gasteiger partial charge < -0.3 is 5.32 Å². The maximum atomic E-state index is 3.61. The van der Waals surface area contributed by atoms with Crippen molar-refractivity contribution in [1.29, 1.82) is 0 Å². The van der Waals surface area contributed by atoms with Gasteiger partial charge in [-0.15, -0.1) is 0 Å². The second-order valence-electron chi connectivity index (χ2n) is 6.34. The number of hydrogen-bond acceptors (Lipinski definition) is 1. The number of hydrogen-bond donors (Lipinski definition) is 1. The van der Waals surface area contributed by atoms with Crippen LogP contribution in [0.4, 0.5) is 0 Å². The van der Waals surface area contributed by atoms with Crippen LogP contribution in [0.5, 0.6) is 0 Å². The van der Waals surface area contributed by atoms with Crippen LogP contribution in [0, 0.1) is 0 Å². The van der Waals surface area contributed by atoms with Crippen LogP contribution < -0.4 is 5.32 Å². The molecule has 0 saturated carbocycles. The molecule has 1 nitrogen and oxygen atoms in total. The first-order valence-electron chi connectivity index (χ1n) is 6.81. The van der Waals surface area contributed by atoms with Crippen molar-refractivity contribution in [3.8, 4) is 0 Å². The molecule has 1 aromatic carbocycles. The van der Waals surface area contributed by atoms with E-state index < -0.39 is 0 Å². The molecule has 0 aliphatic heterocycles. The van der Waals surface area contributed by atoms with Gasteiger partial charge in [0.15, 0.2) is 0 Å². The second-order valence-corrected chi connectivity index (χ2v) is 6.34. The third-order valence-corrected chi connectivity index (χ3v) is 3.90. The molecule has 2 rings (SSSR count). The van der Waals surface area contributed by atoms with Crippen molar-refractivity contribution in [1.82, 2.24) is 5.32 Å². The maximum Gasteiger partial charge on any atom is 0.0328 e. The predicted octanol–water partition coefficient (Wildman–Crippen LogP) is 4.14. The topological polar surface area (TPSA) is 12.0 Å². The first kappa shape index (κ1) is 12.6. The fourth-order valence-corrected chi connectivity index (χ4v) is 2.84. The van der Waals surface area contributed by atoms with Gasteiger partial charge in [-0.2, -0.15) is 0 Å². The lowest BCUT2D eigenvalue weighted by molar-refractivity contribution is 0.519. The number of fused-ring (bicyclic) bond motifs is 1. The minimum absolute atomic E-state index is 0.248. The molecule has 0 radical (unpaired) electrons. The quantitative estimate of drug-likeness (QED) is 0.806. The molecule has 1 N–H and O–H groups in total. The fraction of sp³-hybridized carbons (Fsp3) is 0.625. The largest absolute Gasteiger partial charge is 0.310 e. The van der Waals surface area contributed by atoms with Crippen LogP contribution in [-0.4, -0.2) is 6.54 Å². The van der Waals surface area contributed by atoms with Gasteiger partial charge in [-0.1, -0.05) is 52.8 Å². The second kappa shape index (κ2) is 4.45. The third-order valence-electron chi connectivity index (χ3n) is 3.90. The number of rotatable bonds is 2. The Balaban J connectivity index is 2.40. The van der Waals surface area contributed by atoms with Gasteiger partial charge in [-0.3, -0.25) is 0 Å². The summed E-state index contributed by atoms with van der Waals surface area (Å²) in [7, 11) is 0. The van der Waals surface area contributed by atoms with Crippen molar-refractivity contribution < 1.29 is 0 Å². The molecule has 17 heavy (non-hydrogen) atoms. The van der Waals surface area contributed by atoms with Gasteiger partial charge in [0, 0.05) is 6.04 Å². The van der Waals surface area contributed by atoms with Gasteiger partial charge in [-0.25, -0.2) is 0 Å². The number of benzene rings is 1. The molecule has 0 bridgehead atoms. The summed E-state index contributed by atoms with van der Waals surface area (Å²) in [5.74, 6) is 0.697. The van der Waals surface area contributed by atoms with E-state index in [9.17, 15) is 0 Å². The first-order valence-corrected chi connectivity index (χ1v) is 6.81. The Bertz CT molecular complexity index is 400. The summed E-state index contributed by atoms with van der Waals surface area (Å²) in [5, 5.41) is 3.61. The van der Waals surface area contributed by atoms with Gasteiger partial charge in [0.25, 0.3) is 0 Å². The highest BCUT2D eigenvalue weighted by molar-refractivity contribution is 5.42. The summed E-state index contributed by atoms with van der Waals surface area (Å²) in [5.41, 5.74) is 4.78. The summed E-state index contributed by atoms with van der Waals surface area (Å²) in [6.07, 6.45) is 1.25. The van der Waals surface area contributed by atoms with Crippen LogP contribution in [0.25, 0.3) is 0 Å². The molecule has 0 spiro atoms. The average molecular weight is 231 g/mol. The Morgan fingerprint density at radius 2 is 1.94 bits per heavy atom. The minimum atomic E-state index is 0.248. The first-order chi connectivity index (χ1) is 7.93. The summed E-state index contributed by atoms with van der Waals surface area (Å²) in [6, 6.07) is 7.64. The van der Waals surface area contributed by atoms with Crippen molar-refractivity contribution >= 4 is 0 Å². The fourth-order valence-electron chi connectivity index (χ4n) is 2.84. The summed E-state index contributed by atoms with van der Waals surface area (Å²) < 4.78 is 0. The lowest BCUT2D eigenvalue weighted by Crippen LogP contribution is -2.19. The van der Waals surface area contributed by atoms with Crippen LogP contribution in [0.2, 0.25) is 0 Å². The molecular weight excluding hydrogens is 206 g/mol. The molecule has 2 atom stereocenters. The molecule has 0 heterocycles. The van der Waals surface area contributed by atoms with E-state index in [0.717, 1.165) is 6.54 Å². The van der Waals surface area contributed by atoms with Crippen LogP contribution in [0.1, 0.15) is 69.7 Å². The molecule has 1 heteroatoms. The van der Waals surface area contributed by atoms with Crippen molar-refractivity contribution in [3.63, 3.8) is 0 Å². The lowest BCUT2D eigenvalue weighted by Gasteiger charge is -2.21. The average Bonchev–Trinajstić information content (AvgIpc) is 2.55. The normalized spacial score (nSPS) is 23.8. The van der Waals surface area contributed by atoms with Crippen molar-refractivity contribution in [3.05, 3.63) is 34.9 Å². The molecule has 1 aliphatic carbocycles. The monoisotopic (exact) mass is 231 g/mol. The number of nitrogens with one attached hydrogen (secondary N) is 1. The van der Waals surface area contributed by atoms with Gasteiger partial charge in [0.1, 0.15) is 0 Å². The third kappa shape index (κ3) is 2.40. The summed E-state index contributed by atoms with van der Waals surface area (Å²) in [6.45, 7) is 12.4. The van der Waals surface area contributed by atoms with E-state index in [1.165, 1.54) is 17.5 Å². The van der Waals surface area contributed by atoms with E-state index in [-0.39, 0.29) is 5.41 Å². The molecule has 0 aromatic heterocycles. The van der Waals surface area contributed by atoms with Crippen LogP contribution in [0.3, 0.4) is 0 Å². The smallest absolute Gasteiger partial charge is 0.0328 e. The molecule has 0 fully saturated rings. The van der Waals surface area contributed by atoms with E-state index in [4.69, 9.17) is 0 Å². The van der Waals surface area contributed by atoms with Crippen molar-refractivity contribution in [2.75, 3.05) is 6.54 Å². The molecule has 94 valence electrons. The minimum Gasteiger partial charge on any atom is -0.310 e. The Morgan fingerprint density at radius 1 is 1.24 bits per heavy atom. The molecule has 1 aromatic rings. The highest BCUT2D eigenvalue weighted by Crippen LogP contribution is 2.41. The zero-order valence-corrected chi connectivity index (χ0v) is 11.8. The zero-order valence-electron chi connectivity index (χ0n) is 11.8. The molecule has 1 aliphatic rings. The maximum absolute atomic E-state index is 3.61. The van der Waals surface area contributed by atoms with E-state index in [1.807, 2.05) is 0 Å². The van der Waals surface area contributed by atoms with Gasteiger partial charge in [0.05, 0.1) is 0 Å². The van der Waals surface area contributed by atoms with Gasteiger partial charge in [0.2, 0.25) is 0 Å². The summed E-state index contributed by atoms with van der Waals surface area (Å²) in [4.78, 5) is 0.